The van der Waals surface area contributed by atoms with Crippen LogP contribution in [0, 0.1) is 0 Å². The fraction of sp³-hybridized carbons (Fsp3) is 0.325. The van der Waals surface area contributed by atoms with Crippen molar-refractivity contribution in [3.63, 3.8) is 0 Å². The van der Waals surface area contributed by atoms with E-state index in [0.717, 1.165) is 25.5 Å². The fourth-order valence-electron chi connectivity index (χ4n) is 6.64. The van der Waals surface area contributed by atoms with Gasteiger partial charge in [0.25, 0.3) is 0 Å². The molecule has 0 bridgehead atoms. The van der Waals surface area contributed by atoms with E-state index in [1.54, 1.807) is 0 Å². The van der Waals surface area contributed by atoms with Crippen molar-refractivity contribution in [2.24, 2.45) is 0 Å². The average molecular weight is 649 g/mol. The van der Waals surface area contributed by atoms with Gasteiger partial charge in [-0.25, -0.2) is 9.59 Å². The number of aliphatic hydroxyl groups is 1. The molecule has 2 unspecified atom stereocenters. The number of hydrogen-bond acceptors (Lipinski definition) is 6. The van der Waals surface area contributed by atoms with Crippen LogP contribution >= 0.6 is 0 Å². The minimum absolute atomic E-state index is 0.0315. The van der Waals surface area contributed by atoms with Gasteiger partial charge in [-0.3, -0.25) is 0 Å². The molecule has 0 radical (unpaired) electrons. The molecule has 0 saturated carbocycles. The maximum Gasteiger partial charge on any atom is 0.407 e. The number of carbonyl (C=O) groups excluding carboxylic acids is 3. The van der Waals surface area contributed by atoms with Crippen LogP contribution in [-0.2, 0) is 14.3 Å². The van der Waals surface area contributed by atoms with Crippen LogP contribution in [-0.4, -0.2) is 55.5 Å². The number of benzene rings is 4. The van der Waals surface area contributed by atoms with Crippen LogP contribution in [0.4, 0.5) is 9.59 Å². The summed E-state index contributed by atoms with van der Waals surface area (Å²) >= 11 is 0. The summed E-state index contributed by atoms with van der Waals surface area (Å²) in [4.78, 5) is 34.9. The molecule has 48 heavy (non-hydrogen) atoms. The summed E-state index contributed by atoms with van der Waals surface area (Å²) in [5, 5.41) is 14.6. The smallest absolute Gasteiger partial charge is 0.407 e. The Balaban J connectivity index is 0.000000188. The molecule has 6 rings (SSSR count). The van der Waals surface area contributed by atoms with Gasteiger partial charge in [-0.05, 0) is 57.3 Å². The number of nitrogens with one attached hydrogen (secondary N) is 2. The van der Waals surface area contributed by atoms with Gasteiger partial charge in [0.2, 0.25) is 0 Å². The van der Waals surface area contributed by atoms with Crippen molar-refractivity contribution in [3.05, 3.63) is 119 Å². The van der Waals surface area contributed by atoms with E-state index >= 15 is 0 Å². The third kappa shape index (κ3) is 7.94. The van der Waals surface area contributed by atoms with Gasteiger partial charge < -0.3 is 30.0 Å². The number of aldehydes is 1. The van der Waals surface area contributed by atoms with E-state index in [9.17, 15) is 19.5 Å². The van der Waals surface area contributed by atoms with Crippen LogP contribution in [0.3, 0.4) is 0 Å². The Labute approximate surface area is 282 Å². The number of ether oxygens (including phenoxy) is 2. The van der Waals surface area contributed by atoms with E-state index in [0.29, 0.717) is 13.0 Å². The SMILES string of the molecule is CCCC(C=O)NC(=O)OCC1c2ccccc2-c2ccccc21.CCCC(CO)NC(=O)OCC1c2ccccc2-c2ccccc21. The Hall–Kier alpha value is -4.95. The topological polar surface area (TPSA) is 114 Å². The van der Waals surface area contributed by atoms with Crippen molar-refractivity contribution in [3.8, 4) is 22.3 Å². The number of rotatable bonds is 12. The second kappa shape index (κ2) is 16.7. The highest BCUT2D eigenvalue weighted by molar-refractivity contribution is 5.80. The lowest BCUT2D eigenvalue weighted by Gasteiger charge is -2.18. The Kier molecular flexibility index (Phi) is 12.0. The Morgan fingerprint density at radius 2 is 1.02 bits per heavy atom. The van der Waals surface area contributed by atoms with Crippen LogP contribution in [0.25, 0.3) is 22.3 Å². The van der Waals surface area contributed by atoms with Crippen LogP contribution in [0.5, 0.6) is 0 Å². The summed E-state index contributed by atoms with van der Waals surface area (Å²) in [7, 11) is 0. The van der Waals surface area contributed by atoms with Gasteiger partial charge in [-0.15, -0.1) is 0 Å². The Morgan fingerprint density at radius 1 is 0.646 bits per heavy atom. The van der Waals surface area contributed by atoms with Crippen LogP contribution in [0.15, 0.2) is 97.1 Å². The van der Waals surface area contributed by atoms with Gasteiger partial charge in [0.1, 0.15) is 19.5 Å². The highest BCUT2D eigenvalue weighted by atomic mass is 16.6. The number of carbonyl (C=O) groups is 3. The summed E-state index contributed by atoms with van der Waals surface area (Å²) in [6, 6.07) is 32.1. The van der Waals surface area contributed by atoms with Gasteiger partial charge in [-0.2, -0.15) is 0 Å². The Bertz CT molecular complexity index is 1610. The molecule has 0 saturated heterocycles. The van der Waals surface area contributed by atoms with E-state index in [-0.39, 0.29) is 31.1 Å². The minimum atomic E-state index is -0.539. The first-order valence-corrected chi connectivity index (χ1v) is 16.8. The lowest BCUT2D eigenvalue weighted by Crippen LogP contribution is -2.38. The van der Waals surface area contributed by atoms with Crippen molar-refractivity contribution in [1.82, 2.24) is 10.6 Å². The zero-order valence-electron chi connectivity index (χ0n) is 27.6. The van der Waals surface area contributed by atoms with Gasteiger partial charge in [-0.1, -0.05) is 124 Å². The first-order valence-electron chi connectivity index (χ1n) is 16.8. The monoisotopic (exact) mass is 648 g/mol. The van der Waals surface area contributed by atoms with Crippen LogP contribution in [0.2, 0.25) is 0 Å². The maximum atomic E-state index is 12.0. The molecule has 8 nitrogen and oxygen atoms in total. The summed E-state index contributed by atoms with van der Waals surface area (Å²) in [6.07, 6.45) is 2.83. The van der Waals surface area contributed by atoms with Crippen LogP contribution in [0.1, 0.15) is 73.6 Å². The van der Waals surface area contributed by atoms with E-state index in [2.05, 4.69) is 59.2 Å². The Morgan fingerprint density at radius 3 is 1.38 bits per heavy atom. The number of alkyl carbamates (subject to hydrolysis) is 2. The lowest BCUT2D eigenvalue weighted by molar-refractivity contribution is -0.109. The summed E-state index contributed by atoms with van der Waals surface area (Å²) in [5.41, 5.74) is 9.54. The van der Waals surface area contributed by atoms with Gasteiger partial charge >= 0.3 is 12.2 Å². The minimum Gasteiger partial charge on any atom is -0.449 e. The largest absolute Gasteiger partial charge is 0.449 e. The van der Waals surface area contributed by atoms with E-state index < -0.39 is 18.2 Å². The number of aliphatic hydroxyl groups excluding tert-OH is 1. The van der Waals surface area contributed by atoms with Gasteiger partial charge in [0, 0.05) is 11.8 Å². The predicted octanol–water partition coefficient (Wildman–Crippen LogP) is 7.58. The molecule has 4 aromatic rings. The van der Waals surface area contributed by atoms with E-state index in [4.69, 9.17) is 9.47 Å². The maximum absolute atomic E-state index is 12.0. The quantitative estimate of drug-likeness (QED) is 0.137. The van der Waals surface area contributed by atoms with Crippen LogP contribution < -0.4 is 10.6 Å². The van der Waals surface area contributed by atoms with Crippen molar-refractivity contribution in [1.29, 1.82) is 0 Å². The molecule has 0 heterocycles. The normalized spacial score (nSPS) is 13.8. The molecular formula is C40H44N2O6. The molecule has 2 atom stereocenters. The highest BCUT2D eigenvalue weighted by Gasteiger charge is 2.30. The molecule has 0 spiro atoms. The molecule has 3 N–H and O–H groups in total. The first-order chi connectivity index (χ1) is 23.5. The summed E-state index contributed by atoms with van der Waals surface area (Å²) in [6.45, 7) is 4.47. The lowest BCUT2D eigenvalue weighted by atomic mass is 9.98. The zero-order valence-corrected chi connectivity index (χ0v) is 27.6. The molecule has 250 valence electrons. The molecule has 4 aromatic carbocycles. The van der Waals surface area contributed by atoms with Crippen molar-refractivity contribution in [2.75, 3.05) is 19.8 Å². The number of hydrogen-bond donors (Lipinski definition) is 3. The average Bonchev–Trinajstić information content (AvgIpc) is 3.62. The van der Waals surface area contributed by atoms with Crippen molar-refractivity contribution >= 4 is 18.5 Å². The molecule has 8 heteroatoms. The zero-order chi connectivity index (χ0) is 33.9. The fourth-order valence-corrected chi connectivity index (χ4v) is 6.64. The third-order valence-corrected chi connectivity index (χ3v) is 8.93. The highest BCUT2D eigenvalue weighted by Crippen LogP contribution is 2.45. The molecule has 0 fully saturated rings. The molecule has 2 aliphatic carbocycles. The van der Waals surface area contributed by atoms with E-state index in [1.165, 1.54) is 44.5 Å². The predicted molar refractivity (Wildman–Crippen MR) is 187 cm³/mol. The summed E-state index contributed by atoms with van der Waals surface area (Å²) < 4.78 is 10.9. The van der Waals surface area contributed by atoms with Gasteiger partial charge in [0.05, 0.1) is 18.7 Å². The van der Waals surface area contributed by atoms with Crippen molar-refractivity contribution in [2.45, 2.75) is 63.5 Å². The van der Waals surface area contributed by atoms with E-state index in [1.807, 2.05) is 62.4 Å². The standard InChI is InChI=1S/C20H23NO3.C20H21NO3/c2*1-2-7-14(12-22)21-20(23)24-13-19-17-10-5-3-8-15(17)16-9-4-6-11-18(16)19/h3-6,8-11,14,19,22H,2,7,12-13H2,1H3,(H,21,23);3-6,8-12,14,19H,2,7,13H2,1H3,(H,21,23). The summed E-state index contributed by atoms with van der Waals surface area (Å²) in [5.74, 6) is 0.0888. The molecule has 0 aromatic heterocycles. The third-order valence-electron chi connectivity index (χ3n) is 8.93. The molecule has 0 aliphatic heterocycles. The van der Waals surface area contributed by atoms with Crippen molar-refractivity contribution < 1.29 is 29.0 Å². The number of fused-ring (bicyclic) bond motifs is 6. The molecular weight excluding hydrogens is 604 g/mol. The molecule has 2 amide bonds. The first kappa shape index (κ1) is 34.4. The number of amides is 2. The molecule has 2 aliphatic rings. The van der Waals surface area contributed by atoms with Gasteiger partial charge in [0.15, 0.2) is 0 Å². The second-order valence-electron chi connectivity index (χ2n) is 12.1. The second-order valence-corrected chi connectivity index (χ2v) is 12.1.